The van der Waals surface area contributed by atoms with Crippen LogP contribution in [0.1, 0.15) is 10.4 Å². The maximum Gasteiger partial charge on any atom is 0.254 e. The van der Waals surface area contributed by atoms with E-state index in [0.29, 0.717) is 10.2 Å². The Morgan fingerprint density at radius 3 is 2.69 bits per heavy atom. The van der Waals surface area contributed by atoms with Crippen molar-refractivity contribution in [1.29, 1.82) is 0 Å². The minimum absolute atomic E-state index is 0.0937. The monoisotopic (exact) mass is 283 g/mol. The zero-order valence-corrected chi connectivity index (χ0v) is 10.8. The molecule has 0 unspecified atom stereocenters. The van der Waals surface area contributed by atoms with Gasteiger partial charge in [-0.3, -0.25) is 4.79 Å². The number of pyridine rings is 1. The molecule has 16 heavy (non-hydrogen) atoms. The predicted octanol–water partition coefficient (Wildman–Crippen LogP) is 1.23. The lowest BCUT2D eigenvalue weighted by Crippen LogP contribution is -2.47. The van der Waals surface area contributed by atoms with Gasteiger partial charge in [0, 0.05) is 37.9 Å². The number of aromatic nitrogens is 1. The molecule has 2 rings (SSSR count). The summed E-state index contributed by atoms with van der Waals surface area (Å²) in [5.74, 6) is 0.0937. The van der Waals surface area contributed by atoms with Crippen LogP contribution in [-0.2, 0) is 0 Å². The molecule has 1 aromatic rings. The molecule has 86 valence electrons. The Balaban J connectivity index is 2.08. The number of carbonyl (C=O) groups excluding carboxylic acids is 1. The molecule has 1 aromatic heterocycles. The van der Waals surface area contributed by atoms with E-state index in [1.807, 2.05) is 4.90 Å². The fourth-order valence-electron chi connectivity index (χ4n) is 1.73. The molecule has 1 aliphatic rings. The molecular weight excluding hydrogens is 270 g/mol. The van der Waals surface area contributed by atoms with Crippen LogP contribution >= 0.6 is 15.9 Å². The van der Waals surface area contributed by atoms with Crippen molar-refractivity contribution in [3.63, 3.8) is 0 Å². The van der Waals surface area contributed by atoms with Gasteiger partial charge in [-0.2, -0.15) is 0 Å². The van der Waals surface area contributed by atoms with E-state index in [-0.39, 0.29) is 5.91 Å². The molecule has 4 nitrogen and oxygen atoms in total. The average Bonchev–Trinajstić information content (AvgIpc) is 2.29. The number of hydrogen-bond acceptors (Lipinski definition) is 3. The first-order valence-corrected chi connectivity index (χ1v) is 6.05. The van der Waals surface area contributed by atoms with Crippen LogP contribution in [0.15, 0.2) is 22.9 Å². The number of nitrogens with zero attached hydrogens (tertiary/aromatic N) is 3. The third-order valence-corrected chi connectivity index (χ3v) is 3.20. The van der Waals surface area contributed by atoms with E-state index in [1.165, 1.54) is 0 Å². The Bertz CT molecular complexity index is 389. The van der Waals surface area contributed by atoms with Crippen molar-refractivity contribution in [2.75, 3.05) is 33.2 Å². The molecule has 2 heterocycles. The SMILES string of the molecule is CN1CCN(C(=O)c2ccnc(Br)c2)CC1. The fraction of sp³-hybridized carbons (Fsp3) is 0.455. The molecule has 5 heteroatoms. The van der Waals surface area contributed by atoms with Gasteiger partial charge >= 0.3 is 0 Å². The van der Waals surface area contributed by atoms with Gasteiger partial charge in [-0.15, -0.1) is 0 Å². The van der Waals surface area contributed by atoms with Gasteiger partial charge in [-0.1, -0.05) is 0 Å². The van der Waals surface area contributed by atoms with Gasteiger partial charge in [0.25, 0.3) is 5.91 Å². The minimum Gasteiger partial charge on any atom is -0.336 e. The second-order valence-electron chi connectivity index (χ2n) is 3.96. The largest absolute Gasteiger partial charge is 0.336 e. The van der Waals surface area contributed by atoms with Crippen molar-refractivity contribution in [2.45, 2.75) is 0 Å². The third kappa shape index (κ3) is 2.59. The first kappa shape index (κ1) is 11.5. The highest BCUT2D eigenvalue weighted by Gasteiger charge is 2.20. The highest BCUT2D eigenvalue weighted by molar-refractivity contribution is 9.10. The Kier molecular flexibility index (Phi) is 3.56. The van der Waals surface area contributed by atoms with Gasteiger partial charge in [0.15, 0.2) is 0 Å². The standard InChI is InChI=1S/C11H14BrN3O/c1-14-4-6-15(7-5-14)11(16)9-2-3-13-10(12)8-9/h2-3,8H,4-7H2,1H3. The lowest BCUT2D eigenvalue weighted by molar-refractivity contribution is 0.0664. The maximum absolute atomic E-state index is 12.1. The number of piperazine rings is 1. The molecule has 0 aliphatic carbocycles. The summed E-state index contributed by atoms with van der Waals surface area (Å²) in [5.41, 5.74) is 0.700. The molecule has 1 saturated heterocycles. The summed E-state index contributed by atoms with van der Waals surface area (Å²) >= 11 is 3.27. The van der Waals surface area contributed by atoms with Gasteiger partial charge < -0.3 is 9.80 Å². The van der Waals surface area contributed by atoms with Crippen LogP contribution in [0.4, 0.5) is 0 Å². The number of likely N-dealkylation sites (N-methyl/N-ethyl adjacent to an activating group) is 1. The normalized spacial score (nSPS) is 17.5. The number of rotatable bonds is 1. The molecule has 0 radical (unpaired) electrons. The van der Waals surface area contributed by atoms with Crippen molar-refractivity contribution in [2.24, 2.45) is 0 Å². The molecule has 1 amide bonds. The van der Waals surface area contributed by atoms with Gasteiger partial charge in [-0.25, -0.2) is 4.98 Å². The average molecular weight is 284 g/mol. The topological polar surface area (TPSA) is 36.4 Å². The Hall–Kier alpha value is -0.940. The molecular formula is C11H14BrN3O. The second kappa shape index (κ2) is 4.93. The summed E-state index contributed by atoms with van der Waals surface area (Å²) in [5, 5.41) is 0. The molecule has 0 spiro atoms. The first-order valence-electron chi connectivity index (χ1n) is 5.26. The van der Waals surface area contributed by atoms with Crippen LogP contribution < -0.4 is 0 Å². The third-order valence-electron chi connectivity index (χ3n) is 2.76. The van der Waals surface area contributed by atoms with Crippen molar-refractivity contribution >= 4 is 21.8 Å². The van der Waals surface area contributed by atoms with Crippen LogP contribution in [-0.4, -0.2) is 53.9 Å². The summed E-state index contributed by atoms with van der Waals surface area (Å²) in [6.07, 6.45) is 1.65. The first-order chi connectivity index (χ1) is 7.66. The highest BCUT2D eigenvalue weighted by atomic mass is 79.9. The van der Waals surface area contributed by atoms with E-state index < -0.39 is 0 Å². The van der Waals surface area contributed by atoms with Gasteiger partial charge in [-0.05, 0) is 35.1 Å². The van der Waals surface area contributed by atoms with Crippen molar-refractivity contribution in [3.05, 3.63) is 28.5 Å². The summed E-state index contributed by atoms with van der Waals surface area (Å²) < 4.78 is 0.701. The van der Waals surface area contributed by atoms with Crippen molar-refractivity contribution < 1.29 is 4.79 Å². The molecule has 0 saturated carbocycles. The molecule has 0 aromatic carbocycles. The Morgan fingerprint density at radius 1 is 1.38 bits per heavy atom. The number of amides is 1. The zero-order chi connectivity index (χ0) is 11.5. The summed E-state index contributed by atoms with van der Waals surface area (Å²) in [6, 6.07) is 3.52. The van der Waals surface area contributed by atoms with E-state index in [4.69, 9.17) is 0 Å². The molecule has 0 N–H and O–H groups in total. The lowest BCUT2D eigenvalue weighted by Gasteiger charge is -2.32. The van der Waals surface area contributed by atoms with Crippen LogP contribution in [0.3, 0.4) is 0 Å². The number of carbonyl (C=O) groups is 1. The van der Waals surface area contributed by atoms with Crippen LogP contribution in [0, 0.1) is 0 Å². The summed E-state index contributed by atoms with van der Waals surface area (Å²) in [7, 11) is 2.07. The summed E-state index contributed by atoms with van der Waals surface area (Å²) in [6.45, 7) is 3.49. The Morgan fingerprint density at radius 2 is 2.06 bits per heavy atom. The quantitative estimate of drug-likeness (QED) is 0.728. The lowest BCUT2D eigenvalue weighted by atomic mass is 10.2. The van der Waals surface area contributed by atoms with Crippen LogP contribution in [0.25, 0.3) is 0 Å². The van der Waals surface area contributed by atoms with E-state index >= 15 is 0 Å². The Labute approximate surface area is 103 Å². The van der Waals surface area contributed by atoms with E-state index in [2.05, 4.69) is 32.9 Å². The predicted molar refractivity (Wildman–Crippen MR) is 65.3 cm³/mol. The van der Waals surface area contributed by atoms with Crippen LogP contribution in [0.2, 0.25) is 0 Å². The van der Waals surface area contributed by atoms with Crippen molar-refractivity contribution in [3.8, 4) is 0 Å². The van der Waals surface area contributed by atoms with E-state index in [0.717, 1.165) is 26.2 Å². The van der Waals surface area contributed by atoms with Crippen LogP contribution in [0.5, 0.6) is 0 Å². The van der Waals surface area contributed by atoms with Gasteiger partial charge in [0.1, 0.15) is 4.60 Å². The second-order valence-corrected chi connectivity index (χ2v) is 4.78. The van der Waals surface area contributed by atoms with Gasteiger partial charge in [0.05, 0.1) is 0 Å². The zero-order valence-electron chi connectivity index (χ0n) is 9.19. The number of halogens is 1. The smallest absolute Gasteiger partial charge is 0.254 e. The van der Waals surface area contributed by atoms with E-state index in [9.17, 15) is 4.79 Å². The number of hydrogen-bond donors (Lipinski definition) is 0. The van der Waals surface area contributed by atoms with E-state index in [1.54, 1.807) is 18.3 Å². The highest BCUT2D eigenvalue weighted by Crippen LogP contribution is 2.11. The minimum atomic E-state index is 0.0937. The van der Waals surface area contributed by atoms with Crippen molar-refractivity contribution in [1.82, 2.24) is 14.8 Å². The maximum atomic E-state index is 12.1. The summed E-state index contributed by atoms with van der Waals surface area (Å²) in [4.78, 5) is 20.3. The molecule has 0 atom stereocenters. The molecule has 0 bridgehead atoms. The van der Waals surface area contributed by atoms with Gasteiger partial charge in [0.2, 0.25) is 0 Å². The fourth-order valence-corrected chi connectivity index (χ4v) is 2.09. The molecule has 1 fully saturated rings. The molecule has 1 aliphatic heterocycles.